The third-order valence-electron chi connectivity index (χ3n) is 4.55. The van der Waals surface area contributed by atoms with Gasteiger partial charge in [-0.3, -0.25) is 4.90 Å². The molecule has 0 aliphatic carbocycles. The van der Waals surface area contributed by atoms with Gasteiger partial charge in [0.05, 0.1) is 28.4 Å². The van der Waals surface area contributed by atoms with Crippen LogP contribution in [0.4, 0.5) is 23.7 Å². The summed E-state index contributed by atoms with van der Waals surface area (Å²) in [6.07, 6.45) is -5.84. The van der Waals surface area contributed by atoms with E-state index in [0.717, 1.165) is 4.90 Å². The number of alkyl halides is 3. The highest BCUT2D eigenvalue weighted by molar-refractivity contribution is 6.33. The van der Waals surface area contributed by atoms with Gasteiger partial charge < -0.3 is 10.0 Å². The fourth-order valence-electron chi connectivity index (χ4n) is 3.43. The fourth-order valence-corrected chi connectivity index (χ4v) is 3.63. The number of fused-ring (bicyclic) bond motifs is 1. The van der Waals surface area contributed by atoms with Crippen molar-refractivity contribution in [2.24, 2.45) is 0 Å². The standard InChI is InChI=1S/C15H13ClF3N3O2/c1-7-9(3-2-8(6-20)11(7)16)22-13(15(17,18)19)12-10(23)4-5-21(12)14(22)24/h2-3,10,12-13,23H,4-5H2,1H3/t10-,12+,13-/m0/s1. The van der Waals surface area contributed by atoms with Crippen LogP contribution in [0.5, 0.6) is 0 Å². The molecule has 0 saturated carbocycles. The molecule has 0 unspecified atom stereocenters. The van der Waals surface area contributed by atoms with Crippen LogP contribution in [0, 0.1) is 18.3 Å². The Morgan fingerprint density at radius 2 is 2.08 bits per heavy atom. The van der Waals surface area contributed by atoms with Gasteiger partial charge in [-0.1, -0.05) is 11.6 Å². The molecule has 128 valence electrons. The number of anilines is 1. The molecule has 1 N–H and O–H groups in total. The lowest BCUT2D eigenvalue weighted by Gasteiger charge is -2.30. The van der Waals surface area contributed by atoms with E-state index in [0.29, 0.717) is 4.90 Å². The van der Waals surface area contributed by atoms with E-state index in [9.17, 15) is 23.1 Å². The monoisotopic (exact) mass is 359 g/mol. The molecule has 2 amide bonds. The number of urea groups is 1. The summed E-state index contributed by atoms with van der Waals surface area (Å²) in [4.78, 5) is 14.2. The maximum atomic E-state index is 13.6. The number of halogens is 4. The highest BCUT2D eigenvalue weighted by atomic mass is 35.5. The first-order chi connectivity index (χ1) is 11.2. The van der Waals surface area contributed by atoms with Crippen molar-refractivity contribution in [2.75, 3.05) is 11.4 Å². The number of aliphatic hydroxyl groups is 1. The van der Waals surface area contributed by atoms with E-state index in [2.05, 4.69) is 0 Å². The Morgan fingerprint density at radius 3 is 2.67 bits per heavy atom. The summed E-state index contributed by atoms with van der Waals surface area (Å²) in [5.74, 6) is 0. The van der Waals surface area contributed by atoms with Crippen LogP contribution in [-0.2, 0) is 0 Å². The van der Waals surface area contributed by atoms with Crippen LogP contribution in [0.1, 0.15) is 17.5 Å². The van der Waals surface area contributed by atoms with Gasteiger partial charge in [-0.25, -0.2) is 4.79 Å². The first-order valence-corrected chi connectivity index (χ1v) is 7.60. The number of nitriles is 1. The molecule has 1 aromatic carbocycles. The zero-order chi connectivity index (χ0) is 17.8. The number of benzene rings is 1. The number of carbonyl (C=O) groups is 1. The molecular weight excluding hydrogens is 347 g/mol. The second kappa shape index (κ2) is 5.53. The molecule has 9 heteroatoms. The van der Waals surface area contributed by atoms with Gasteiger partial charge >= 0.3 is 12.2 Å². The number of aliphatic hydroxyl groups excluding tert-OH is 1. The molecule has 0 bridgehead atoms. The highest BCUT2D eigenvalue weighted by Gasteiger charge is 2.62. The second-order valence-electron chi connectivity index (χ2n) is 5.86. The maximum absolute atomic E-state index is 13.6. The number of hydrogen-bond acceptors (Lipinski definition) is 3. The average molecular weight is 360 g/mol. The Bertz CT molecular complexity index is 747. The second-order valence-corrected chi connectivity index (χ2v) is 6.24. The SMILES string of the molecule is Cc1c(N2C(=O)N3CC[C@H](O)[C@@H]3[C@H]2C(F)(F)F)ccc(C#N)c1Cl. The summed E-state index contributed by atoms with van der Waals surface area (Å²) in [7, 11) is 0. The Labute approximate surface area is 140 Å². The molecule has 5 nitrogen and oxygen atoms in total. The van der Waals surface area contributed by atoms with Crippen LogP contribution >= 0.6 is 11.6 Å². The predicted molar refractivity (Wildman–Crippen MR) is 79.7 cm³/mol. The predicted octanol–water partition coefficient (Wildman–Crippen LogP) is 2.83. The van der Waals surface area contributed by atoms with Gasteiger partial charge in [0.1, 0.15) is 6.07 Å². The topological polar surface area (TPSA) is 67.6 Å². The summed E-state index contributed by atoms with van der Waals surface area (Å²) >= 11 is 6.03. The quantitative estimate of drug-likeness (QED) is 0.838. The summed E-state index contributed by atoms with van der Waals surface area (Å²) in [5, 5.41) is 18.9. The Morgan fingerprint density at radius 1 is 1.42 bits per heavy atom. The van der Waals surface area contributed by atoms with E-state index < -0.39 is 30.4 Å². The van der Waals surface area contributed by atoms with Crippen molar-refractivity contribution >= 4 is 23.3 Å². The molecule has 24 heavy (non-hydrogen) atoms. The highest BCUT2D eigenvalue weighted by Crippen LogP contribution is 2.44. The van der Waals surface area contributed by atoms with Crippen molar-refractivity contribution in [1.29, 1.82) is 5.26 Å². The van der Waals surface area contributed by atoms with Gasteiger partial charge in [-0.15, -0.1) is 0 Å². The number of nitrogens with zero attached hydrogens (tertiary/aromatic N) is 3. The molecule has 3 rings (SSSR count). The number of hydrogen-bond donors (Lipinski definition) is 1. The van der Waals surface area contributed by atoms with Gasteiger partial charge in [0.15, 0.2) is 6.04 Å². The van der Waals surface area contributed by atoms with Crippen LogP contribution in [-0.4, -0.2) is 46.9 Å². The Balaban J connectivity index is 2.14. The minimum absolute atomic E-state index is 0.00655. The van der Waals surface area contributed by atoms with Gasteiger partial charge in [-0.2, -0.15) is 18.4 Å². The van der Waals surface area contributed by atoms with E-state index in [1.165, 1.54) is 19.1 Å². The molecular formula is C15H13ClF3N3O2. The number of amides is 2. The lowest BCUT2D eigenvalue weighted by atomic mass is 10.0. The van der Waals surface area contributed by atoms with Crippen LogP contribution in [0.25, 0.3) is 0 Å². The van der Waals surface area contributed by atoms with Crippen molar-refractivity contribution < 1.29 is 23.1 Å². The fraction of sp³-hybridized carbons (Fsp3) is 0.467. The molecule has 2 saturated heterocycles. The molecule has 0 spiro atoms. The van der Waals surface area contributed by atoms with Crippen LogP contribution in [0.2, 0.25) is 5.02 Å². The van der Waals surface area contributed by atoms with Crippen LogP contribution in [0.3, 0.4) is 0 Å². The van der Waals surface area contributed by atoms with Crippen molar-refractivity contribution in [2.45, 2.75) is 37.7 Å². The van der Waals surface area contributed by atoms with Crippen LogP contribution < -0.4 is 4.90 Å². The van der Waals surface area contributed by atoms with Crippen molar-refractivity contribution in [3.63, 3.8) is 0 Å². The van der Waals surface area contributed by atoms with Gasteiger partial charge in [0.2, 0.25) is 0 Å². The van der Waals surface area contributed by atoms with Crippen LogP contribution in [0.15, 0.2) is 12.1 Å². The first-order valence-electron chi connectivity index (χ1n) is 7.22. The minimum Gasteiger partial charge on any atom is -0.391 e. The first kappa shape index (κ1) is 16.9. The lowest BCUT2D eigenvalue weighted by Crippen LogP contribution is -2.51. The number of carbonyl (C=O) groups excluding carboxylic acids is 1. The van der Waals surface area contributed by atoms with Crippen molar-refractivity contribution in [3.8, 4) is 6.07 Å². The van der Waals surface area contributed by atoms with Gasteiger partial charge in [0.25, 0.3) is 0 Å². The Kier molecular flexibility index (Phi) is 3.89. The average Bonchev–Trinajstić information content (AvgIpc) is 3.01. The minimum atomic E-state index is -4.72. The zero-order valence-corrected chi connectivity index (χ0v) is 13.3. The summed E-state index contributed by atoms with van der Waals surface area (Å²) in [5.41, 5.74) is 0.329. The van der Waals surface area contributed by atoms with Crippen molar-refractivity contribution in [1.82, 2.24) is 4.90 Å². The molecule has 0 radical (unpaired) electrons. The zero-order valence-electron chi connectivity index (χ0n) is 12.5. The third kappa shape index (κ3) is 2.31. The summed E-state index contributed by atoms with van der Waals surface area (Å²) in [6, 6.07) is 0.0910. The molecule has 2 fully saturated rings. The molecule has 2 aliphatic heterocycles. The maximum Gasteiger partial charge on any atom is 0.411 e. The van der Waals surface area contributed by atoms with E-state index in [1.54, 1.807) is 0 Å². The van der Waals surface area contributed by atoms with Crippen molar-refractivity contribution in [3.05, 3.63) is 28.3 Å². The molecule has 1 aromatic rings. The number of rotatable bonds is 1. The van der Waals surface area contributed by atoms with E-state index in [4.69, 9.17) is 16.9 Å². The third-order valence-corrected chi connectivity index (χ3v) is 5.03. The van der Waals surface area contributed by atoms with Gasteiger partial charge in [-0.05, 0) is 31.0 Å². The smallest absolute Gasteiger partial charge is 0.391 e. The van der Waals surface area contributed by atoms with Gasteiger partial charge in [0, 0.05) is 6.54 Å². The van der Waals surface area contributed by atoms with E-state index in [1.807, 2.05) is 6.07 Å². The van der Waals surface area contributed by atoms with E-state index in [-0.39, 0.29) is 34.8 Å². The summed E-state index contributed by atoms with van der Waals surface area (Å²) < 4.78 is 40.9. The molecule has 3 atom stereocenters. The Hall–Kier alpha value is -1.98. The molecule has 0 aromatic heterocycles. The molecule has 2 aliphatic rings. The van der Waals surface area contributed by atoms with E-state index >= 15 is 0 Å². The normalized spacial score (nSPS) is 26.7. The largest absolute Gasteiger partial charge is 0.411 e. The summed E-state index contributed by atoms with van der Waals surface area (Å²) in [6.45, 7) is 1.52. The lowest BCUT2D eigenvalue weighted by molar-refractivity contribution is -0.156. The molecule has 2 heterocycles.